The molecule has 0 saturated carbocycles. The normalized spacial score (nSPS) is 11.9. The molecule has 9 aromatic rings. The number of amidine groups is 2. The Kier molecular flexibility index (Phi) is 9.85. The maximum absolute atomic E-state index is 6.58. The van der Waals surface area contributed by atoms with E-state index >= 15 is 0 Å². The van der Waals surface area contributed by atoms with Crippen molar-refractivity contribution in [2.75, 3.05) is 4.90 Å². The van der Waals surface area contributed by atoms with Crippen molar-refractivity contribution in [1.29, 1.82) is 0 Å². The summed E-state index contributed by atoms with van der Waals surface area (Å²) in [6.07, 6.45) is 0. The van der Waals surface area contributed by atoms with Crippen molar-refractivity contribution < 1.29 is 4.42 Å². The molecule has 0 radical (unpaired) electrons. The largest absolute Gasteiger partial charge is 0.456 e. The highest BCUT2D eigenvalue weighted by molar-refractivity contribution is 6.12. The molecule has 272 valence electrons. The highest BCUT2D eigenvalue weighted by Gasteiger charge is 2.16. The summed E-state index contributed by atoms with van der Waals surface area (Å²) in [6, 6.07) is 71.0. The van der Waals surface area contributed by atoms with Crippen LogP contribution in [-0.4, -0.2) is 18.4 Å². The van der Waals surface area contributed by atoms with E-state index in [2.05, 4.69) is 150 Å². The number of hydrogen-bond acceptors (Lipinski definition) is 3. The fraction of sp³-hybridized carbons (Fsp3) is 0.0192. The fourth-order valence-corrected chi connectivity index (χ4v) is 7.18. The van der Waals surface area contributed by atoms with Gasteiger partial charge in [0.2, 0.25) is 0 Å². The molecule has 0 aliphatic rings. The van der Waals surface area contributed by atoms with Gasteiger partial charge in [0.25, 0.3) is 0 Å². The van der Waals surface area contributed by atoms with E-state index in [9.17, 15) is 0 Å². The first kappa shape index (κ1) is 35.1. The molecule has 1 aromatic heterocycles. The van der Waals surface area contributed by atoms with Gasteiger partial charge in [0.1, 0.15) is 11.2 Å². The van der Waals surface area contributed by atoms with E-state index < -0.39 is 0 Å². The molecule has 0 aliphatic carbocycles. The van der Waals surface area contributed by atoms with Crippen molar-refractivity contribution >= 4 is 57.4 Å². The van der Waals surface area contributed by atoms with E-state index in [-0.39, 0.29) is 0 Å². The molecular formula is C52H38N4O. The van der Waals surface area contributed by atoms with Crippen molar-refractivity contribution in [3.05, 3.63) is 223 Å². The lowest BCUT2D eigenvalue weighted by Gasteiger charge is -2.25. The zero-order chi connectivity index (χ0) is 38.4. The van der Waals surface area contributed by atoms with Crippen LogP contribution in [-0.2, 0) is 6.54 Å². The molecule has 0 aliphatic heterocycles. The van der Waals surface area contributed by atoms with Crippen molar-refractivity contribution in [2.24, 2.45) is 15.0 Å². The minimum Gasteiger partial charge on any atom is -0.456 e. The van der Waals surface area contributed by atoms with Crippen molar-refractivity contribution in [3.8, 4) is 22.3 Å². The van der Waals surface area contributed by atoms with Crippen LogP contribution in [0.5, 0.6) is 0 Å². The summed E-state index contributed by atoms with van der Waals surface area (Å²) in [5.74, 6) is 1.11. The van der Waals surface area contributed by atoms with Crippen LogP contribution in [0.25, 0.3) is 44.2 Å². The minimum absolute atomic E-state index is 0.417. The standard InChI is InChI=1S/C52H38N4O/c1-53-51(42-16-8-3-9-17-42)55-52(43-18-10-4-11-19-43)54-36-37-22-32-47-48-33-31-46(35-50(48)57-49(47)34-37)56(44-20-12-5-13-21-44)45-29-27-41(28-30-45)40-25-23-39(24-26-40)38-14-6-2-7-15-38/h2-35H,1,36H2/b54-52-,55-51-. The van der Waals surface area contributed by atoms with Crippen molar-refractivity contribution in [1.82, 2.24) is 0 Å². The molecule has 5 heteroatoms. The summed E-state index contributed by atoms with van der Waals surface area (Å²) in [5.41, 5.74) is 12.3. The van der Waals surface area contributed by atoms with Crippen LogP contribution >= 0.6 is 0 Å². The maximum atomic E-state index is 6.58. The SMILES string of the molecule is C=N/C(=N\C(=N/Cc1ccc2c(c1)oc1cc(N(c3ccccc3)c3ccc(-c4ccc(-c5ccccc5)cc4)cc3)ccc12)c1ccccc1)c1ccccc1. The molecule has 5 nitrogen and oxygen atoms in total. The van der Waals surface area contributed by atoms with E-state index in [1.807, 2.05) is 72.8 Å². The third-order valence-electron chi connectivity index (χ3n) is 10.1. The maximum Gasteiger partial charge on any atom is 0.161 e. The first-order valence-corrected chi connectivity index (χ1v) is 19.0. The first-order valence-electron chi connectivity index (χ1n) is 19.0. The monoisotopic (exact) mass is 734 g/mol. The average Bonchev–Trinajstić information content (AvgIpc) is 3.65. The van der Waals surface area contributed by atoms with Gasteiger partial charge in [-0.2, -0.15) is 0 Å². The van der Waals surface area contributed by atoms with Crippen molar-refractivity contribution in [3.63, 3.8) is 0 Å². The Balaban J connectivity index is 1.02. The average molecular weight is 735 g/mol. The van der Waals surface area contributed by atoms with Gasteiger partial charge in [-0.3, -0.25) is 4.99 Å². The minimum atomic E-state index is 0.417. The highest BCUT2D eigenvalue weighted by Crippen LogP contribution is 2.39. The number of nitrogens with zero attached hydrogens (tertiary/aromatic N) is 4. The molecule has 0 bridgehead atoms. The second-order valence-corrected chi connectivity index (χ2v) is 13.7. The fourth-order valence-electron chi connectivity index (χ4n) is 7.18. The molecule has 0 amide bonds. The third-order valence-corrected chi connectivity index (χ3v) is 10.1. The van der Waals surface area contributed by atoms with Crippen LogP contribution in [0.3, 0.4) is 0 Å². The molecule has 9 rings (SSSR count). The lowest BCUT2D eigenvalue weighted by atomic mass is 10.00. The van der Waals surface area contributed by atoms with Gasteiger partial charge >= 0.3 is 0 Å². The van der Waals surface area contributed by atoms with E-state index in [0.29, 0.717) is 18.2 Å². The van der Waals surface area contributed by atoms with Crippen LogP contribution in [0.4, 0.5) is 17.1 Å². The van der Waals surface area contributed by atoms with Crippen LogP contribution in [0.1, 0.15) is 16.7 Å². The van der Waals surface area contributed by atoms with Gasteiger partial charge in [0, 0.05) is 45.0 Å². The summed E-state index contributed by atoms with van der Waals surface area (Å²) in [6.45, 7) is 4.20. The molecule has 0 atom stereocenters. The Hall–Kier alpha value is -7.63. The highest BCUT2D eigenvalue weighted by atomic mass is 16.3. The summed E-state index contributed by atoms with van der Waals surface area (Å²) in [7, 11) is 0. The van der Waals surface area contributed by atoms with Crippen LogP contribution in [0.15, 0.2) is 226 Å². The Bertz CT molecular complexity index is 2850. The molecular weight excluding hydrogens is 697 g/mol. The Morgan fingerprint density at radius 3 is 1.49 bits per heavy atom. The van der Waals surface area contributed by atoms with Gasteiger partial charge in [-0.05, 0) is 77.0 Å². The molecule has 8 aromatic carbocycles. The van der Waals surface area contributed by atoms with E-state index in [0.717, 1.165) is 61.3 Å². The Morgan fingerprint density at radius 2 is 0.895 bits per heavy atom. The van der Waals surface area contributed by atoms with E-state index in [1.165, 1.54) is 16.7 Å². The number of aliphatic imine (C=N–C) groups is 3. The van der Waals surface area contributed by atoms with Crippen LogP contribution in [0, 0.1) is 0 Å². The predicted molar refractivity (Wildman–Crippen MR) is 238 cm³/mol. The van der Waals surface area contributed by atoms with E-state index in [1.54, 1.807) is 0 Å². The van der Waals surface area contributed by atoms with Crippen molar-refractivity contribution in [2.45, 2.75) is 6.54 Å². The molecule has 0 fully saturated rings. The summed E-state index contributed by atoms with van der Waals surface area (Å²) in [5, 5.41) is 2.12. The lowest BCUT2D eigenvalue weighted by molar-refractivity contribution is 0.668. The lowest BCUT2D eigenvalue weighted by Crippen LogP contribution is -2.09. The van der Waals surface area contributed by atoms with Crippen LogP contribution in [0.2, 0.25) is 0 Å². The number of rotatable bonds is 9. The van der Waals surface area contributed by atoms with Gasteiger partial charge in [-0.1, -0.05) is 158 Å². The molecule has 0 saturated heterocycles. The van der Waals surface area contributed by atoms with Gasteiger partial charge in [0.05, 0.1) is 6.54 Å². The summed E-state index contributed by atoms with van der Waals surface area (Å²) in [4.78, 5) is 16.3. The number of fused-ring (bicyclic) bond motifs is 3. The quantitative estimate of drug-likeness (QED) is 0.109. The van der Waals surface area contributed by atoms with Crippen LogP contribution < -0.4 is 4.90 Å². The first-order chi connectivity index (χ1) is 28.2. The zero-order valence-corrected chi connectivity index (χ0v) is 31.2. The number of furan rings is 1. The smallest absolute Gasteiger partial charge is 0.161 e. The van der Waals surface area contributed by atoms with Gasteiger partial charge in [0.15, 0.2) is 11.7 Å². The van der Waals surface area contributed by atoms with E-state index in [4.69, 9.17) is 14.4 Å². The summed E-state index contributed by atoms with van der Waals surface area (Å²) < 4.78 is 6.58. The number of hydrogen-bond donors (Lipinski definition) is 0. The van der Waals surface area contributed by atoms with Gasteiger partial charge < -0.3 is 9.32 Å². The topological polar surface area (TPSA) is 53.5 Å². The second kappa shape index (κ2) is 16.0. The number of benzene rings is 8. The molecule has 0 spiro atoms. The molecule has 1 heterocycles. The number of anilines is 3. The zero-order valence-electron chi connectivity index (χ0n) is 31.2. The van der Waals surface area contributed by atoms with Gasteiger partial charge in [-0.25, -0.2) is 9.98 Å². The predicted octanol–water partition coefficient (Wildman–Crippen LogP) is 13.5. The molecule has 0 N–H and O–H groups in total. The molecule has 0 unspecified atom stereocenters. The second-order valence-electron chi connectivity index (χ2n) is 13.7. The molecule has 57 heavy (non-hydrogen) atoms. The van der Waals surface area contributed by atoms with Gasteiger partial charge in [-0.15, -0.1) is 0 Å². The Morgan fingerprint density at radius 1 is 0.439 bits per heavy atom. The third kappa shape index (κ3) is 7.55. The number of para-hydroxylation sites is 1. The summed E-state index contributed by atoms with van der Waals surface area (Å²) >= 11 is 0. The Labute approximate surface area is 332 Å².